The molecule has 1 amide bonds. The van der Waals surface area contributed by atoms with Crippen LogP contribution in [0.15, 0.2) is 101 Å². The van der Waals surface area contributed by atoms with Crippen LogP contribution in [0.3, 0.4) is 0 Å². The number of phenols is 3. The third-order valence-electron chi connectivity index (χ3n) is 7.74. The van der Waals surface area contributed by atoms with Gasteiger partial charge >= 0.3 is 10.4 Å². The van der Waals surface area contributed by atoms with E-state index in [0.29, 0.717) is 6.07 Å². The minimum absolute atomic E-state index is 0. The van der Waals surface area contributed by atoms with Crippen molar-refractivity contribution in [3.8, 4) is 17.2 Å². The number of nitrogens with zero attached hydrogens (tertiary/aromatic N) is 4. The summed E-state index contributed by atoms with van der Waals surface area (Å²) in [6.45, 7) is 0.0114. The fraction of sp³-hybridized carbons (Fsp3) is 0.100. The van der Waals surface area contributed by atoms with E-state index in [9.17, 15) is 75.9 Å². The van der Waals surface area contributed by atoms with Crippen molar-refractivity contribution in [2.45, 2.75) is 26.5 Å². The summed E-state index contributed by atoms with van der Waals surface area (Å²) < 4.78 is 162. The van der Waals surface area contributed by atoms with E-state index >= 15 is 0 Å². The van der Waals surface area contributed by atoms with E-state index in [-0.39, 0.29) is 33.5 Å². The summed E-state index contributed by atoms with van der Waals surface area (Å²) in [4.78, 5) is 8.26. The van der Waals surface area contributed by atoms with Crippen molar-refractivity contribution in [3.63, 3.8) is 0 Å². The first-order valence-electron chi connectivity index (χ1n) is 15.4. The molecule has 0 heterocycles. The molecule has 24 nitrogen and oxygen atoms in total. The number of sulfone groups is 1. The molecule has 0 bridgehead atoms. The Balaban J connectivity index is 0.00000794. The Morgan fingerprint density at radius 2 is 1.23 bits per heavy atom. The molecule has 60 heavy (non-hydrogen) atoms. The number of phenolic OH excluding ortho intramolecular Hbond substituents is 3. The average Bonchev–Trinajstić information content (AvgIpc) is 3.08. The molecule has 0 saturated carbocycles. The molecule has 0 spiro atoms. The van der Waals surface area contributed by atoms with Crippen molar-refractivity contribution in [1.29, 1.82) is 0 Å². The second kappa shape index (κ2) is 17.0. The van der Waals surface area contributed by atoms with E-state index < -0.39 is 139 Å². The van der Waals surface area contributed by atoms with Gasteiger partial charge in [0.05, 0.1) is 33.5 Å². The van der Waals surface area contributed by atoms with Gasteiger partial charge in [-0.2, -0.15) is 38.8 Å². The summed E-state index contributed by atoms with van der Waals surface area (Å²) in [5.41, 5.74) is -3.20. The molecule has 30 heteroatoms. The van der Waals surface area contributed by atoms with Crippen LogP contribution in [0, 0.1) is 0 Å². The SMILES string of the molecule is CC(=O)Nc1cc(S(=O)(=O)O)cc2cc(S(=O)(=O)O)c(N=Nc3ccc4c(O)c(N=Nc5cc(S(=O)(=O)CCOS(=O)(=O)O)ccc5O)c(S(=O)(=O)O)cc4c3)c(O)c12.[Cu]. The maximum Gasteiger partial charge on any atom is 0.397 e. The van der Waals surface area contributed by atoms with Gasteiger partial charge in [0.1, 0.15) is 32.6 Å². The number of carbonyl (C=O) groups excluding carboxylic acids is 1. The predicted octanol–water partition coefficient (Wildman–Crippen LogP) is 4.23. The molecule has 0 aromatic heterocycles. The summed E-state index contributed by atoms with van der Waals surface area (Å²) in [5.74, 6) is -4.50. The number of rotatable bonds is 13. The summed E-state index contributed by atoms with van der Waals surface area (Å²) >= 11 is 0. The number of benzene rings is 5. The van der Waals surface area contributed by atoms with Crippen molar-refractivity contribution in [1.82, 2.24) is 0 Å². The Hall–Kier alpha value is -5.24. The quantitative estimate of drug-likeness (QED) is 0.0465. The van der Waals surface area contributed by atoms with Gasteiger partial charge in [0.15, 0.2) is 21.3 Å². The number of anilines is 1. The largest absolute Gasteiger partial charge is 0.506 e. The summed E-state index contributed by atoms with van der Waals surface area (Å²) in [6, 6.07) is 8.59. The molecule has 0 aliphatic carbocycles. The second-order valence-electron chi connectivity index (χ2n) is 11.8. The Bertz CT molecular complexity index is 3250. The van der Waals surface area contributed by atoms with Gasteiger partial charge in [0.25, 0.3) is 30.4 Å². The van der Waals surface area contributed by atoms with Crippen molar-refractivity contribution in [2.75, 3.05) is 17.7 Å². The van der Waals surface area contributed by atoms with Crippen LogP contribution in [-0.2, 0) is 76.6 Å². The summed E-state index contributed by atoms with van der Waals surface area (Å²) in [6.07, 6.45) is 0. The van der Waals surface area contributed by atoms with E-state index in [1.165, 1.54) is 0 Å². The van der Waals surface area contributed by atoms with E-state index in [4.69, 9.17) is 4.55 Å². The molecule has 0 saturated heterocycles. The third kappa shape index (κ3) is 10.7. The number of hydrogen-bond acceptors (Lipinski definition) is 19. The third-order valence-corrected chi connectivity index (χ3v) is 12.4. The van der Waals surface area contributed by atoms with Crippen LogP contribution < -0.4 is 5.32 Å². The maximum atomic E-state index is 12.6. The molecule has 1 radical (unpaired) electrons. The first kappa shape index (κ1) is 47.4. The zero-order valence-electron chi connectivity index (χ0n) is 29.3. The van der Waals surface area contributed by atoms with Crippen LogP contribution in [0.4, 0.5) is 28.4 Å². The maximum absolute atomic E-state index is 12.6. The van der Waals surface area contributed by atoms with Crippen LogP contribution in [-0.4, -0.2) is 93.9 Å². The molecule has 0 fully saturated rings. The minimum Gasteiger partial charge on any atom is -0.506 e. The number of carbonyl (C=O) groups is 1. The molecule has 0 aliphatic heterocycles. The number of aromatic hydroxyl groups is 3. The van der Waals surface area contributed by atoms with Gasteiger partial charge in [-0.05, 0) is 71.4 Å². The molecule has 5 aromatic rings. The summed E-state index contributed by atoms with van der Waals surface area (Å²) in [7, 11) is -24.8. The molecule has 5 aromatic carbocycles. The number of fused-ring (bicyclic) bond motifs is 2. The van der Waals surface area contributed by atoms with Gasteiger partial charge in [-0.25, -0.2) is 12.6 Å². The molecule has 5 rings (SSSR count). The van der Waals surface area contributed by atoms with Crippen LogP contribution in [0.2, 0.25) is 0 Å². The van der Waals surface area contributed by atoms with Gasteiger partial charge in [0, 0.05) is 34.8 Å². The number of azo groups is 2. The molecular formula is C30H25CuN5O19S5. The van der Waals surface area contributed by atoms with Crippen molar-refractivity contribution >= 4 is 106 Å². The predicted molar refractivity (Wildman–Crippen MR) is 201 cm³/mol. The van der Waals surface area contributed by atoms with E-state index in [0.717, 1.165) is 61.5 Å². The second-order valence-corrected chi connectivity index (χ2v) is 19.2. The fourth-order valence-electron chi connectivity index (χ4n) is 5.24. The summed E-state index contributed by atoms with van der Waals surface area (Å²) in [5, 5.41) is 48.2. The van der Waals surface area contributed by atoms with Crippen molar-refractivity contribution in [2.24, 2.45) is 20.5 Å². The van der Waals surface area contributed by atoms with Crippen LogP contribution >= 0.6 is 0 Å². The number of amides is 1. The van der Waals surface area contributed by atoms with E-state index in [2.05, 4.69) is 30.0 Å². The molecular weight excluding hydrogens is 958 g/mol. The Morgan fingerprint density at radius 3 is 1.80 bits per heavy atom. The smallest absolute Gasteiger partial charge is 0.397 e. The van der Waals surface area contributed by atoms with E-state index in [1.54, 1.807) is 0 Å². The van der Waals surface area contributed by atoms with Gasteiger partial charge in [-0.1, -0.05) is 0 Å². The van der Waals surface area contributed by atoms with E-state index in [1.807, 2.05) is 0 Å². The monoisotopic (exact) mass is 982 g/mol. The van der Waals surface area contributed by atoms with Crippen LogP contribution in [0.5, 0.6) is 17.2 Å². The van der Waals surface area contributed by atoms with Gasteiger partial charge in [-0.3, -0.25) is 23.0 Å². The zero-order valence-corrected chi connectivity index (χ0v) is 34.4. The average molecular weight is 983 g/mol. The minimum atomic E-state index is -5.29. The standard InChI is InChI=1S/C30H25N5O19S5.Cu/c1-14(36)31-22-13-19(56(42,43)44)9-16-11-25(58(48,49)50)28(30(39)26(16)22)34-32-17-2-4-20-15(8-17)10-24(57(45,46)47)27(29(20)38)35-33-21-12-18(3-5-23(21)37)55(40,41)7-6-54-59(51,52)53;/h2-5,8-13,37-39H,6-7H2,1H3,(H,31,36)(H,42,43,44)(H,45,46,47)(H,48,49,50)(H,51,52,53);. The Labute approximate surface area is 348 Å². The zero-order chi connectivity index (χ0) is 44.0. The first-order chi connectivity index (χ1) is 27.1. The Morgan fingerprint density at radius 1 is 0.650 bits per heavy atom. The Kier molecular flexibility index (Phi) is 13.5. The van der Waals surface area contributed by atoms with Crippen LogP contribution in [0.1, 0.15) is 6.92 Å². The first-order valence-corrected chi connectivity index (χ1v) is 22.7. The molecule has 325 valence electrons. The molecule has 0 atom stereocenters. The fourth-order valence-corrected chi connectivity index (χ4v) is 8.60. The molecule has 0 unspecified atom stereocenters. The van der Waals surface area contributed by atoms with Gasteiger partial charge < -0.3 is 20.6 Å². The molecule has 8 N–H and O–H groups in total. The van der Waals surface area contributed by atoms with Crippen molar-refractivity contribution < 1.29 is 102 Å². The normalized spacial score (nSPS) is 12.9. The topological polar surface area (TPSA) is 400 Å². The number of hydrogen-bond donors (Lipinski definition) is 8. The van der Waals surface area contributed by atoms with Crippen LogP contribution in [0.25, 0.3) is 21.5 Å². The number of nitrogens with one attached hydrogen (secondary N) is 1. The van der Waals surface area contributed by atoms with Crippen molar-refractivity contribution in [3.05, 3.63) is 60.7 Å². The van der Waals surface area contributed by atoms with Gasteiger partial charge in [0.2, 0.25) is 5.91 Å². The van der Waals surface area contributed by atoms with Gasteiger partial charge in [-0.15, -0.1) is 15.3 Å². The molecule has 0 aliphatic rings.